The van der Waals surface area contributed by atoms with E-state index in [1.807, 2.05) is 77.1 Å². The molecule has 0 radical (unpaired) electrons. The Labute approximate surface area is 195 Å². The molecule has 32 heavy (non-hydrogen) atoms. The SMILES string of the molecule is Cc1ccc(NC(=O)CSc2nc3sc(C)c(C)c3c(=O)n2-c2ccc(C)c(C)c2)cc1. The number of aryl methyl sites for hydroxylation is 5. The number of carbonyl (C=O) groups excluding carboxylic acids is 1. The van der Waals surface area contributed by atoms with E-state index in [1.165, 1.54) is 23.1 Å². The van der Waals surface area contributed by atoms with E-state index in [0.717, 1.165) is 38.5 Å². The predicted molar refractivity (Wildman–Crippen MR) is 135 cm³/mol. The Balaban J connectivity index is 1.72. The minimum Gasteiger partial charge on any atom is -0.325 e. The standard InChI is InChI=1S/C25H25N3O2S2/c1-14-6-9-19(10-7-14)26-21(29)13-31-25-27-23-22(17(4)18(5)32-23)24(30)28(25)20-11-8-15(2)16(3)12-20/h6-12H,13H2,1-5H3,(H,26,29). The molecule has 1 amide bonds. The van der Waals surface area contributed by atoms with E-state index in [2.05, 4.69) is 5.32 Å². The molecule has 4 rings (SSSR count). The van der Waals surface area contributed by atoms with Gasteiger partial charge in [0.2, 0.25) is 5.91 Å². The maximum atomic E-state index is 13.6. The second kappa shape index (κ2) is 8.92. The van der Waals surface area contributed by atoms with Crippen LogP contribution >= 0.6 is 23.1 Å². The van der Waals surface area contributed by atoms with Crippen molar-refractivity contribution in [2.24, 2.45) is 0 Å². The zero-order valence-electron chi connectivity index (χ0n) is 18.8. The first-order chi connectivity index (χ1) is 15.2. The third-order valence-corrected chi connectivity index (χ3v) is 7.63. The third-order valence-electron chi connectivity index (χ3n) is 5.59. The van der Waals surface area contributed by atoms with Crippen LogP contribution in [0.5, 0.6) is 0 Å². The lowest BCUT2D eigenvalue weighted by atomic mass is 10.1. The maximum Gasteiger partial charge on any atom is 0.267 e. The highest BCUT2D eigenvalue weighted by atomic mass is 32.2. The molecule has 0 fully saturated rings. The number of anilines is 1. The van der Waals surface area contributed by atoms with Gasteiger partial charge < -0.3 is 5.32 Å². The van der Waals surface area contributed by atoms with Gasteiger partial charge >= 0.3 is 0 Å². The summed E-state index contributed by atoms with van der Waals surface area (Å²) in [5, 5.41) is 4.08. The molecule has 0 aliphatic rings. The number of rotatable bonds is 5. The first-order valence-electron chi connectivity index (χ1n) is 10.3. The van der Waals surface area contributed by atoms with Gasteiger partial charge in [-0.3, -0.25) is 14.2 Å². The summed E-state index contributed by atoms with van der Waals surface area (Å²) in [6, 6.07) is 13.6. The smallest absolute Gasteiger partial charge is 0.267 e. The van der Waals surface area contributed by atoms with Crippen LogP contribution in [0.15, 0.2) is 52.4 Å². The van der Waals surface area contributed by atoms with E-state index >= 15 is 0 Å². The fourth-order valence-corrected chi connectivity index (χ4v) is 5.31. The number of aromatic nitrogens is 2. The largest absolute Gasteiger partial charge is 0.325 e. The topological polar surface area (TPSA) is 64.0 Å². The molecule has 0 saturated heterocycles. The quantitative estimate of drug-likeness (QED) is 0.304. The van der Waals surface area contributed by atoms with Crippen molar-refractivity contribution in [2.45, 2.75) is 39.8 Å². The maximum absolute atomic E-state index is 13.6. The molecule has 2 heterocycles. The Bertz CT molecular complexity index is 1390. The van der Waals surface area contributed by atoms with Gasteiger partial charge in [0, 0.05) is 10.6 Å². The van der Waals surface area contributed by atoms with Crippen molar-refractivity contribution >= 4 is 44.9 Å². The molecule has 0 unspecified atom stereocenters. The number of nitrogens with zero attached hydrogens (tertiary/aromatic N) is 2. The van der Waals surface area contributed by atoms with Gasteiger partial charge in [0.05, 0.1) is 16.8 Å². The van der Waals surface area contributed by atoms with Gasteiger partial charge in [-0.1, -0.05) is 35.5 Å². The average Bonchev–Trinajstić information content (AvgIpc) is 3.04. The van der Waals surface area contributed by atoms with Crippen molar-refractivity contribution in [3.63, 3.8) is 0 Å². The van der Waals surface area contributed by atoms with Crippen LogP contribution in [0.3, 0.4) is 0 Å². The van der Waals surface area contributed by atoms with E-state index < -0.39 is 0 Å². The molecule has 0 aliphatic carbocycles. The highest BCUT2D eigenvalue weighted by Gasteiger charge is 2.19. The molecular formula is C25H25N3O2S2. The lowest BCUT2D eigenvalue weighted by Gasteiger charge is -2.14. The van der Waals surface area contributed by atoms with Crippen molar-refractivity contribution in [1.82, 2.24) is 9.55 Å². The summed E-state index contributed by atoms with van der Waals surface area (Å²) < 4.78 is 1.64. The van der Waals surface area contributed by atoms with Crippen molar-refractivity contribution in [1.29, 1.82) is 0 Å². The normalized spacial score (nSPS) is 11.2. The minimum atomic E-state index is -0.140. The third kappa shape index (κ3) is 4.36. The zero-order valence-corrected chi connectivity index (χ0v) is 20.4. The van der Waals surface area contributed by atoms with Gasteiger partial charge in [0.15, 0.2) is 5.16 Å². The lowest BCUT2D eigenvalue weighted by Crippen LogP contribution is -2.23. The fourth-order valence-electron chi connectivity index (χ4n) is 3.43. The Hall–Kier alpha value is -2.90. The molecule has 0 atom stereocenters. The van der Waals surface area contributed by atoms with Gasteiger partial charge in [-0.2, -0.15) is 0 Å². The number of thiophene rings is 1. The number of thioether (sulfide) groups is 1. The number of amides is 1. The molecule has 2 aromatic carbocycles. The summed E-state index contributed by atoms with van der Waals surface area (Å²) in [5.41, 5.74) is 5.77. The highest BCUT2D eigenvalue weighted by Crippen LogP contribution is 2.30. The number of hydrogen-bond acceptors (Lipinski definition) is 5. The number of fused-ring (bicyclic) bond motifs is 1. The van der Waals surface area contributed by atoms with Crippen LogP contribution in [0.2, 0.25) is 0 Å². The second-order valence-corrected chi connectivity index (χ2v) is 10.1. The lowest BCUT2D eigenvalue weighted by molar-refractivity contribution is -0.113. The number of hydrogen-bond donors (Lipinski definition) is 1. The minimum absolute atomic E-state index is 0.0958. The van der Waals surface area contributed by atoms with Crippen LogP contribution in [0, 0.1) is 34.6 Å². The Morgan fingerprint density at radius 3 is 2.44 bits per heavy atom. The van der Waals surface area contributed by atoms with Crippen molar-refractivity contribution in [3.8, 4) is 5.69 Å². The fraction of sp³-hybridized carbons (Fsp3) is 0.240. The van der Waals surface area contributed by atoms with Gasteiger partial charge in [0.1, 0.15) is 4.83 Å². The summed E-state index contributed by atoms with van der Waals surface area (Å²) in [6.45, 7) is 10.0. The van der Waals surface area contributed by atoms with Crippen LogP contribution in [-0.4, -0.2) is 21.2 Å². The van der Waals surface area contributed by atoms with E-state index in [4.69, 9.17) is 4.98 Å². The van der Waals surface area contributed by atoms with Gasteiger partial charge in [-0.05, 0) is 75.6 Å². The molecule has 5 nitrogen and oxygen atoms in total. The summed E-state index contributed by atoms with van der Waals surface area (Å²) >= 11 is 2.79. The van der Waals surface area contributed by atoms with Gasteiger partial charge in [0.25, 0.3) is 5.56 Å². The summed E-state index contributed by atoms with van der Waals surface area (Å²) in [7, 11) is 0. The van der Waals surface area contributed by atoms with Crippen molar-refractivity contribution in [2.75, 3.05) is 11.1 Å². The molecule has 1 N–H and O–H groups in total. The van der Waals surface area contributed by atoms with Gasteiger partial charge in [-0.25, -0.2) is 4.98 Å². The van der Waals surface area contributed by atoms with E-state index in [9.17, 15) is 9.59 Å². The molecule has 0 saturated carbocycles. The molecule has 0 aliphatic heterocycles. The van der Waals surface area contributed by atoms with Crippen molar-refractivity contribution < 1.29 is 4.79 Å². The number of benzene rings is 2. The number of nitrogens with one attached hydrogen (secondary N) is 1. The van der Waals surface area contributed by atoms with Crippen LogP contribution in [-0.2, 0) is 4.79 Å². The van der Waals surface area contributed by atoms with Crippen LogP contribution < -0.4 is 10.9 Å². The molecule has 2 aromatic heterocycles. The summed E-state index contributed by atoms with van der Waals surface area (Å²) in [6.07, 6.45) is 0. The van der Waals surface area contributed by atoms with Crippen LogP contribution in [0.4, 0.5) is 5.69 Å². The summed E-state index contributed by atoms with van der Waals surface area (Å²) in [5.74, 6) is 0.0124. The van der Waals surface area contributed by atoms with Crippen LogP contribution in [0.1, 0.15) is 27.1 Å². The first-order valence-corrected chi connectivity index (χ1v) is 12.1. The Morgan fingerprint density at radius 2 is 1.75 bits per heavy atom. The Kier molecular flexibility index (Phi) is 6.22. The molecule has 4 aromatic rings. The molecule has 7 heteroatoms. The van der Waals surface area contributed by atoms with Gasteiger partial charge in [-0.15, -0.1) is 11.3 Å². The van der Waals surface area contributed by atoms with Crippen molar-refractivity contribution in [3.05, 3.63) is 79.9 Å². The van der Waals surface area contributed by atoms with Crippen LogP contribution in [0.25, 0.3) is 15.9 Å². The second-order valence-electron chi connectivity index (χ2n) is 7.97. The molecule has 164 valence electrons. The number of carbonyl (C=O) groups is 1. The Morgan fingerprint density at radius 1 is 1.03 bits per heavy atom. The molecule has 0 spiro atoms. The summed E-state index contributed by atoms with van der Waals surface area (Å²) in [4.78, 5) is 32.7. The zero-order chi connectivity index (χ0) is 23.0. The highest BCUT2D eigenvalue weighted by molar-refractivity contribution is 7.99. The monoisotopic (exact) mass is 463 g/mol. The van der Waals surface area contributed by atoms with E-state index in [-0.39, 0.29) is 17.2 Å². The molecular weight excluding hydrogens is 438 g/mol. The molecule has 0 bridgehead atoms. The predicted octanol–water partition coefficient (Wildman–Crippen LogP) is 5.72. The van der Waals surface area contributed by atoms with E-state index in [1.54, 1.807) is 4.57 Å². The average molecular weight is 464 g/mol. The van der Waals surface area contributed by atoms with E-state index in [0.29, 0.717) is 15.4 Å². The first kappa shape index (κ1) is 22.3.